The Morgan fingerprint density at radius 1 is 0.950 bits per heavy atom. The summed E-state index contributed by atoms with van der Waals surface area (Å²) in [6, 6.07) is 9.31. The van der Waals surface area contributed by atoms with Crippen LogP contribution in [-0.4, -0.2) is 26.2 Å². The molecule has 1 N–H and O–H groups in total. The zero-order chi connectivity index (χ0) is 12.2. The van der Waals surface area contributed by atoms with E-state index in [0.717, 1.165) is 5.92 Å². The van der Waals surface area contributed by atoms with E-state index in [9.17, 15) is 0 Å². The normalized spacial score (nSPS) is 19.9. The first-order valence-electron chi connectivity index (χ1n) is 7.49. The van der Waals surface area contributed by atoms with E-state index in [1.54, 1.807) is 5.56 Å². The summed E-state index contributed by atoms with van der Waals surface area (Å²) in [6.07, 6.45) is 6.71. The van der Waals surface area contributed by atoms with E-state index in [-0.39, 0.29) is 24.8 Å². The molecule has 114 valence electrons. The third kappa shape index (κ3) is 4.28. The Hall–Kier alpha value is -0.440. The molecule has 2 saturated heterocycles. The third-order valence-corrected chi connectivity index (χ3v) is 4.40. The topological polar surface area (TPSA) is 15.3 Å². The standard InChI is InChI=1S/C16H24N2.2ClH/c1-2-11-18(12-3-1)16-6-4-5-15(13-16)14-7-9-17-10-8-14;;/h4-6,13-14,17H,1-3,7-12H2;2*1H. The molecule has 20 heavy (non-hydrogen) atoms. The second-order valence-corrected chi connectivity index (χ2v) is 5.67. The van der Waals surface area contributed by atoms with E-state index in [4.69, 9.17) is 0 Å². The third-order valence-electron chi connectivity index (χ3n) is 4.40. The molecule has 4 heteroatoms. The van der Waals surface area contributed by atoms with Crippen molar-refractivity contribution in [3.8, 4) is 0 Å². The van der Waals surface area contributed by atoms with Crippen molar-refractivity contribution in [2.24, 2.45) is 0 Å². The Balaban J connectivity index is 0.000001000. The van der Waals surface area contributed by atoms with Gasteiger partial charge in [-0.1, -0.05) is 12.1 Å². The fourth-order valence-electron chi connectivity index (χ4n) is 3.28. The average molecular weight is 317 g/mol. The second kappa shape index (κ2) is 8.76. The number of hydrogen-bond acceptors (Lipinski definition) is 2. The van der Waals surface area contributed by atoms with E-state index >= 15 is 0 Å². The smallest absolute Gasteiger partial charge is 0.0369 e. The van der Waals surface area contributed by atoms with Crippen LogP contribution in [0.1, 0.15) is 43.6 Å². The molecule has 0 spiro atoms. The van der Waals surface area contributed by atoms with E-state index in [2.05, 4.69) is 34.5 Å². The molecule has 1 aromatic rings. The summed E-state index contributed by atoms with van der Waals surface area (Å²) in [5.74, 6) is 0.774. The number of anilines is 1. The minimum absolute atomic E-state index is 0. The number of nitrogens with zero attached hydrogens (tertiary/aromatic N) is 1. The van der Waals surface area contributed by atoms with Gasteiger partial charge in [-0.3, -0.25) is 0 Å². The average Bonchev–Trinajstić information content (AvgIpc) is 2.49. The van der Waals surface area contributed by atoms with E-state index < -0.39 is 0 Å². The van der Waals surface area contributed by atoms with Crippen LogP contribution in [0.15, 0.2) is 24.3 Å². The van der Waals surface area contributed by atoms with Crippen LogP contribution in [0, 0.1) is 0 Å². The largest absolute Gasteiger partial charge is 0.372 e. The molecule has 0 saturated carbocycles. The van der Waals surface area contributed by atoms with Crippen molar-refractivity contribution in [1.29, 1.82) is 0 Å². The number of nitrogens with one attached hydrogen (secondary N) is 1. The maximum absolute atomic E-state index is 3.45. The van der Waals surface area contributed by atoms with E-state index in [1.165, 1.54) is 64.0 Å². The predicted octanol–water partition coefficient (Wildman–Crippen LogP) is 3.99. The molecular weight excluding hydrogens is 291 g/mol. The van der Waals surface area contributed by atoms with Crippen LogP contribution < -0.4 is 10.2 Å². The van der Waals surface area contributed by atoms with Crippen LogP contribution in [0.2, 0.25) is 0 Å². The minimum Gasteiger partial charge on any atom is -0.372 e. The van der Waals surface area contributed by atoms with Gasteiger partial charge in [-0.2, -0.15) is 0 Å². The van der Waals surface area contributed by atoms with Gasteiger partial charge in [-0.25, -0.2) is 0 Å². The molecule has 0 bridgehead atoms. The molecule has 2 fully saturated rings. The first-order chi connectivity index (χ1) is 8.93. The summed E-state index contributed by atoms with van der Waals surface area (Å²) in [4.78, 5) is 2.56. The molecule has 0 atom stereocenters. The van der Waals surface area contributed by atoms with Gasteiger partial charge in [0.05, 0.1) is 0 Å². The molecule has 0 amide bonds. The Morgan fingerprint density at radius 2 is 1.65 bits per heavy atom. The minimum atomic E-state index is 0. The lowest BCUT2D eigenvalue weighted by atomic mass is 9.90. The number of hydrogen-bond donors (Lipinski definition) is 1. The van der Waals surface area contributed by atoms with Gasteiger partial charge in [-0.15, -0.1) is 24.8 Å². The molecule has 2 aliphatic rings. The number of rotatable bonds is 2. The highest BCUT2D eigenvalue weighted by molar-refractivity contribution is 5.85. The van der Waals surface area contributed by atoms with Gasteiger partial charge in [0.15, 0.2) is 0 Å². The highest BCUT2D eigenvalue weighted by atomic mass is 35.5. The number of piperidine rings is 2. The zero-order valence-corrected chi connectivity index (χ0v) is 13.6. The summed E-state index contributed by atoms with van der Waals surface area (Å²) in [6.45, 7) is 4.85. The van der Waals surface area contributed by atoms with Gasteiger partial charge in [0.1, 0.15) is 0 Å². The SMILES string of the molecule is Cl.Cl.c1cc(C2CCNCC2)cc(N2CCCCC2)c1. The number of benzene rings is 1. The predicted molar refractivity (Wildman–Crippen MR) is 91.8 cm³/mol. The Bertz CT molecular complexity index is 353. The highest BCUT2D eigenvalue weighted by Crippen LogP contribution is 2.29. The molecule has 1 aromatic carbocycles. The summed E-state index contributed by atoms with van der Waals surface area (Å²) in [7, 11) is 0. The van der Waals surface area contributed by atoms with Crippen LogP contribution in [0.25, 0.3) is 0 Å². The van der Waals surface area contributed by atoms with E-state index in [1.807, 2.05) is 0 Å². The lowest BCUT2D eigenvalue weighted by Crippen LogP contribution is -2.30. The quantitative estimate of drug-likeness (QED) is 0.887. The van der Waals surface area contributed by atoms with Gasteiger partial charge in [-0.05, 0) is 68.8 Å². The molecular formula is C16H26Cl2N2. The van der Waals surface area contributed by atoms with Gasteiger partial charge in [0.25, 0.3) is 0 Å². The maximum atomic E-state index is 3.45. The number of halogens is 2. The van der Waals surface area contributed by atoms with Crippen LogP contribution in [0.4, 0.5) is 5.69 Å². The summed E-state index contributed by atoms with van der Waals surface area (Å²) in [5, 5.41) is 3.45. The van der Waals surface area contributed by atoms with Crippen LogP contribution in [-0.2, 0) is 0 Å². The molecule has 0 aliphatic carbocycles. The monoisotopic (exact) mass is 316 g/mol. The maximum Gasteiger partial charge on any atom is 0.0369 e. The molecule has 2 aliphatic heterocycles. The van der Waals surface area contributed by atoms with E-state index in [0.29, 0.717) is 0 Å². The fraction of sp³-hybridized carbons (Fsp3) is 0.625. The second-order valence-electron chi connectivity index (χ2n) is 5.67. The van der Waals surface area contributed by atoms with Crippen molar-refractivity contribution in [2.45, 2.75) is 38.0 Å². The lowest BCUT2D eigenvalue weighted by Gasteiger charge is -2.30. The van der Waals surface area contributed by atoms with Crippen molar-refractivity contribution in [3.63, 3.8) is 0 Å². The van der Waals surface area contributed by atoms with Gasteiger partial charge < -0.3 is 10.2 Å². The Labute approximate surface area is 135 Å². The van der Waals surface area contributed by atoms with Crippen molar-refractivity contribution < 1.29 is 0 Å². The lowest BCUT2D eigenvalue weighted by molar-refractivity contribution is 0.460. The molecule has 2 heterocycles. The van der Waals surface area contributed by atoms with Crippen molar-refractivity contribution >= 4 is 30.5 Å². The molecule has 0 aromatic heterocycles. The van der Waals surface area contributed by atoms with Crippen molar-refractivity contribution in [3.05, 3.63) is 29.8 Å². The summed E-state index contributed by atoms with van der Waals surface area (Å²) < 4.78 is 0. The molecule has 0 radical (unpaired) electrons. The fourth-order valence-corrected chi connectivity index (χ4v) is 3.28. The van der Waals surface area contributed by atoms with Crippen molar-refractivity contribution in [2.75, 3.05) is 31.1 Å². The zero-order valence-electron chi connectivity index (χ0n) is 12.0. The summed E-state index contributed by atoms with van der Waals surface area (Å²) >= 11 is 0. The summed E-state index contributed by atoms with van der Waals surface area (Å²) in [5.41, 5.74) is 3.00. The van der Waals surface area contributed by atoms with Gasteiger partial charge in [0.2, 0.25) is 0 Å². The van der Waals surface area contributed by atoms with Gasteiger partial charge >= 0.3 is 0 Å². The van der Waals surface area contributed by atoms with Crippen molar-refractivity contribution in [1.82, 2.24) is 5.32 Å². The van der Waals surface area contributed by atoms with Crippen LogP contribution in [0.5, 0.6) is 0 Å². The Kier molecular flexibility index (Phi) is 7.71. The Morgan fingerprint density at radius 3 is 2.35 bits per heavy atom. The van der Waals surface area contributed by atoms with Crippen LogP contribution >= 0.6 is 24.8 Å². The molecule has 0 unspecified atom stereocenters. The highest BCUT2D eigenvalue weighted by Gasteiger charge is 2.17. The first kappa shape index (κ1) is 17.6. The molecule has 2 nitrogen and oxygen atoms in total. The first-order valence-corrected chi connectivity index (χ1v) is 7.49. The van der Waals surface area contributed by atoms with Gasteiger partial charge in [0, 0.05) is 18.8 Å². The molecule has 3 rings (SSSR count). The van der Waals surface area contributed by atoms with Crippen LogP contribution in [0.3, 0.4) is 0 Å².